The van der Waals surface area contributed by atoms with E-state index in [4.69, 9.17) is 4.74 Å². The second-order valence-corrected chi connectivity index (χ2v) is 4.73. The lowest BCUT2D eigenvalue weighted by atomic mass is 10.1. The van der Waals surface area contributed by atoms with Gasteiger partial charge >= 0.3 is 0 Å². The summed E-state index contributed by atoms with van der Waals surface area (Å²) < 4.78 is 18.4. The molecule has 1 aliphatic heterocycles. The lowest BCUT2D eigenvalue weighted by Gasteiger charge is -2.12. The van der Waals surface area contributed by atoms with E-state index in [1.165, 1.54) is 13.2 Å². The van der Waals surface area contributed by atoms with Crippen molar-refractivity contribution in [3.8, 4) is 0 Å². The van der Waals surface area contributed by atoms with Crippen molar-refractivity contribution in [2.75, 3.05) is 13.7 Å². The average Bonchev–Trinajstić information content (AvgIpc) is 2.93. The largest absolute Gasteiger partial charge is 0.380 e. The first-order valence-electron chi connectivity index (χ1n) is 6.48. The van der Waals surface area contributed by atoms with Crippen molar-refractivity contribution >= 4 is 5.91 Å². The highest BCUT2D eigenvalue weighted by Crippen LogP contribution is 2.12. The van der Waals surface area contributed by atoms with E-state index in [9.17, 15) is 9.18 Å². The molecule has 1 atom stereocenters. The maximum Gasteiger partial charge on any atom is 0.237 e. The van der Waals surface area contributed by atoms with Crippen LogP contribution < -0.4 is 10.6 Å². The molecule has 0 aromatic heterocycles. The molecule has 5 heteroatoms. The number of hydrogen-bond donors (Lipinski definition) is 2. The monoisotopic (exact) mass is 266 g/mol. The number of carbonyl (C=O) groups is 1. The number of nitrogens with one attached hydrogen (secondary N) is 2. The third-order valence-corrected chi connectivity index (χ3v) is 3.25. The van der Waals surface area contributed by atoms with Gasteiger partial charge in [-0.25, -0.2) is 4.39 Å². The molecule has 0 spiro atoms. The van der Waals surface area contributed by atoms with Crippen LogP contribution in [-0.4, -0.2) is 25.6 Å². The third kappa shape index (κ3) is 3.75. The van der Waals surface area contributed by atoms with E-state index in [0.717, 1.165) is 24.9 Å². The second-order valence-electron chi connectivity index (χ2n) is 4.73. The summed E-state index contributed by atoms with van der Waals surface area (Å²) in [6, 6.07) is 4.72. The highest BCUT2D eigenvalue weighted by molar-refractivity contribution is 5.81. The van der Waals surface area contributed by atoms with Gasteiger partial charge in [0.25, 0.3) is 0 Å². The van der Waals surface area contributed by atoms with Crippen LogP contribution >= 0.6 is 0 Å². The minimum atomic E-state index is -0.283. The molecular weight excluding hydrogens is 247 g/mol. The number of hydrogen-bond acceptors (Lipinski definition) is 3. The van der Waals surface area contributed by atoms with Crippen molar-refractivity contribution in [2.45, 2.75) is 32.0 Å². The summed E-state index contributed by atoms with van der Waals surface area (Å²) in [5.41, 5.74) is 1.38. The van der Waals surface area contributed by atoms with Crippen LogP contribution in [0.25, 0.3) is 0 Å². The molecule has 1 aromatic rings. The normalized spacial score (nSPS) is 18.5. The van der Waals surface area contributed by atoms with Gasteiger partial charge in [0.15, 0.2) is 0 Å². The van der Waals surface area contributed by atoms with Crippen molar-refractivity contribution in [3.05, 3.63) is 35.1 Å². The van der Waals surface area contributed by atoms with Gasteiger partial charge in [0, 0.05) is 19.2 Å². The molecule has 104 valence electrons. The SMILES string of the molecule is COCc1cc(CNC(=O)C2CCCN2)ccc1F. The van der Waals surface area contributed by atoms with Crippen LogP contribution in [0.4, 0.5) is 4.39 Å². The number of amides is 1. The number of rotatable bonds is 5. The first-order chi connectivity index (χ1) is 9.20. The van der Waals surface area contributed by atoms with Crippen molar-refractivity contribution in [1.82, 2.24) is 10.6 Å². The lowest BCUT2D eigenvalue weighted by Crippen LogP contribution is -2.40. The van der Waals surface area contributed by atoms with E-state index >= 15 is 0 Å². The fourth-order valence-electron chi connectivity index (χ4n) is 2.22. The zero-order valence-electron chi connectivity index (χ0n) is 11.0. The van der Waals surface area contributed by atoms with Crippen LogP contribution in [0, 0.1) is 5.82 Å². The van der Waals surface area contributed by atoms with E-state index in [0.29, 0.717) is 12.1 Å². The first kappa shape index (κ1) is 14.0. The van der Waals surface area contributed by atoms with Crippen molar-refractivity contribution < 1.29 is 13.9 Å². The zero-order valence-corrected chi connectivity index (χ0v) is 11.0. The average molecular weight is 266 g/mol. The molecule has 0 radical (unpaired) electrons. The van der Waals surface area contributed by atoms with Gasteiger partial charge in [-0.1, -0.05) is 6.07 Å². The third-order valence-electron chi connectivity index (χ3n) is 3.25. The Kier molecular flexibility index (Phi) is 4.87. The Hall–Kier alpha value is -1.46. The van der Waals surface area contributed by atoms with Crippen molar-refractivity contribution in [2.24, 2.45) is 0 Å². The second kappa shape index (κ2) is 6.63. The highest BCUT2D eigenvalue weighted by Gasteiger charge is 2.21. The van der Waals surface area contributed by atoms with E-state index in [1.54, 1.807) is 12.1 Å². The van der Waals surface area contributed by atoms with Crippen LogP contribution in [0.2, 0.25) is 0 Å². The highest BCUT2D eigenvalue weighted by atomic mass is 19.1. The number of benzene rings is 1. The Balaban J connectivity index is 1.91. The molecule has 4 nitrogen and oxygen atoms in total. The summed E-state index contributed by atoms with van der Waals surface area (Å²) in [5, 5.41) is 6.01. The van der Waals surface area contributed by atoms with E-state index in [1.807, 2.05) is 0 Å². The number of carbonyl (C=O) groups excluding carboxylic acids is 1. The Morgan fingerprint density at radius 1 is 1.58 bits per heavy atom. The Bertz CT molecular complexity index is 445. The van der Waals surface area contributed by atoms with Crippen LogP contribution in [0.3, 0.4) is 0 Å². The molecule has 2 N–H and O–H groups in total. The predicted molar refractivity (Wildman–Crippen MR) is 70.0 cm³/mol. The molecule has 0 bridgehead atoms. The van der Waals surface area contributed by atoms with Gasteiger partial charge in [-0.05, 0) is 37.1 Å². The summed E-state index contributed by atoms with van der Waals surface area (Å²) in [6.07, 6.45) is 1.91. The molecule has 1 aliphatic rings. The number of ether oxygens (including phenoxy) is 1. The fraction of sp³-hybridized carbons (Fsp3) is 0.500. The Morgan fingerprint density at radius 3 is 3.11 bits per heavy atom. The topological polar surface area (TPSA) is 50.4 Å². The summed E-state index contributed by atoms with van der Waals surface area (Å²) in [6.45, 7) is 1.54. The van der Waals surface area contributed by atoms with Gasteiger partial charge in [-0.2, -0.15) is 0 Å². The lowest BCUT2D eigenvalue weighted by molar-refractivity contribution is -0.122. The van der Waals surface area contributed by atoms with Crippen LogP contribution in [-0.2, 0) is 22.7 Å². The van der Waals surface area contributed by atoms with Gasteiger partial charge in [-0.3, -0.25) is 4.79 Å². The zero-order chi connectivity index (χ0) is 13.7. The molecule has 1 heterocycles. The maximum absolute atomic E-state index is 13.4. The smallest absolute Gasteiger partial charge is 0.237 e. The standard InChI is InChI=1S/C14H19FN2O2/c1-19-9-11-7-10(4-5-12(11)15)8-17-14(18)13-3-2-6-16-13/h4-5,7,13,16H,2-3,6,8-9H2,1H3,(H,17,18). The quantitative estimate of drug-likeness (QED) is 0.845. The molecule has 1 amide bonds. The van der Waals surface area contributed by atoms with E-state index < -0.39 is 0 Å². The van der Waals surface area contributed by atoms with E-state index in [2.05, 4.69) is 10.6 Å². The molecule has 2 rings (SSSR count). The van der Waals surface area contributed by atoms with Gasteiger partial charge in [0.2, 0.25) is 5.91 Å². The minimum absolute atomic E-state index is 0.00937. The van der Waals surface area contributed by atoms with Gasteiger partial charge in [0.1, 0.15) is 5.82 Å². The Morgan fingerprint density at radius 2 is 2.42 bits per heavy atom. The van der Waals surface area contributed by atoms with Crippen LogP contribution in [0.1, 0.15) is 24.0 Å². The molecular formula is C14H19FN2O2. The van der Waals surface area contributed by atoms with Crippen LogP contribution in [0.15, 0.2) is 18.2 Å². The molecule has 0 aliphatic carbocycles. The minimum Gasteiger partial charge on any atom is -0.380 e. The molecule has 0 saturated carbocycles. The van der Waals surface area contributed by atoms with Gasteiger partial charge in [-0.15, -0.1) is 0 Å². The molecule has 1 aromatic carbocycles. The summed E-state index contributed by atoms with van der Waals surface area (Å²) >= 11 is 0. The van der Waals surface area contributed by atoms with E-state index in [-0.39, 0.29) is 24.4 Å². The number of halogens is 1. The van der Waals surface area contributed by atoms with Gasteiger partial charge < -0.3 is 15.4 Å². The molecule has 1 unspecified atom stereocenters. The summed E-state index contributed by atoms with van der Waals surface area (Å²) in [7, 11) is 1.53. The number of methoxy groups -OCH3 is 1. The summed E-state index contributed by atoms with van der Waals surface area (Å²) in [4.78, 5) is 11.8. The molecule has 1 saturated heterocycles. The maximum atomic E-state index is 13.4. The predicted octanol–water partition coefficient (Wildman–Crippen LogP) is 1.34. The molecule has 1 fully saturated rings. The van der Waals surface area contributed by atoms with Crippen molar-refractivity contribution in [1.29, 1.82) is 0 Å². The fourth-order valence-corrected chi connectivity index (χ4v) is 2.22. The van der Waals surface area contributed by atoms with Gasteiger partial charge in [0.05, 0.1) is 12.6 Å². The van der Waals surface area contributed by atoms with Crippen molar-refractivity contribution in [3.63, 3.8) is 0 Å². The Labute approximate surface area is 112 Å². The summed E-state index contributed by atoms with van der Waals surface area (Å²) in [5.74, 6) is -0.274. The first-order valence-corrected chi connectivity index (χ1v) is 6.48. The van der Waals surface area contributed by atoms with Crippen LogP contribution in [0.5, 0.6) is 0 Å². The molecule has 19 heavy (non-hydrogen) atoms.